The lowest BCUT2D eigenvalue weighted by molar-refractivity contribution is -0.139. The van der Waals surface area contributed by atoms with Gasteiger partial charge in [0, 0.05) is 21.4 Å². The number of rotatable bonds is 6. The third-order valence-corrected chi connectivity index (χ3v) is 6.20. The van der Waals surface area contributed by atoms with E-state index in [1.807, 2.05) is 0 Å². The van der Waals surface area contributed by atoms with E-state index in [0.717, 1.165) is 0 Å². The number of carboxylic acid groups (broad SMARTS) is 1. The first-order valence-electron chi connectivity index (χ1n) is 8.25. The fourth-order valence-electron chi connectivity index (χ4n) is 2.23. The molecule has 0 aliphatic carbocycles. The standard InChI is InChI=1S/C17H19BrClN3O5S2/c1-17(2,3)27-16(25)21-11(15(23)24)6-8-5-10(9(18)7-12(8)26-4)20-14-13(19)22-29-28-14/h5,7,11H,6H2,1-4H3,(H,21,25)(H,23,24)/b20-14-. The Labute approximate surface area is 188 Å². The fourth-order valence-corrected chi connectivity index (χ4v) is 4.62. The number of alkyl carbamates (subject to hydrolysis) is 1. The number of hydrogen-bond donors (Lipinski definition) is 2. The van der Waals surface area contributed by atoms with Gasteiger partial charge in [0.25, 0.3) is 0 Å². The maximum absolute atomic E-state index is 12.0. The minimum absolute atomic E-state index is 0.0351. The topological polar surface area (TPSA) is 110 Å². The SMILES string of the molecule is COc1cc(Br)c(/N=c2\ssnc2Cl)cc1CC(NC(=O)OC(C)(C)C)C(=O)O. The number of hydrogen-bond acceptors (Lipinski definition) is 8. The van der Waals surface area contributed by atoms with E-state index in [-0.39, 0.29) is 6.42 Å². The molecule has 1 atom stereocenters. The van der Waals surface area contributed by atoms with E-state index in [1.54, 1.807) is 32.9 Å². The van der Waals surface area contributed by atoms with Crippen LogP contribution in [-0.4, -0.2) is 40.3 Å². The number of aliphatic carboxylic acids is 1. The second-order valence-corrected chi connectivity index (χ2v) is 9.86. The predicted molar refractivity (Wildman–Crippen MR) is 115 cm³/mol. The average molecular weight is 525 g/mol. The molecule has 2 N–H and O–H groups in total. The quantitative estimate of drug-likeness (QED) is 0.543. The molecule has 2 aromatic rings. The van der Waals surface area contributed by atoms with Crippen molar-refractivity contribution in [2.24, 2.45) is 4.99 Å². The van der Waals surface area contributed by atoms with Gasteiger partial charge in [0.1, 0.15) is 17.4 Å². The van der Waals surface area contributed by atoms with Gasteiger partial charge in [-0.15, -0.1) is 0 Å². The number of aromatic nitrogens is 1. The molecule has 158 valence electrons. The number of halogens is 2. The molecule has 2 rings (SSSR count). The van der Waals surface area contributed by atoms with Crippen molar-refractivity contribution in [3.63, 3.8) is 0 Å². The number of nitrogens with zero attached hydrogens (tertiary/aromatic N) is 2. The van der Waals surface area contributed by atoms with Gasteiger partial charge in [-0.2, -0.15) is 4.37 Å². The highest BCUT2D eigenvalue weighted by atomic mass is 79.9. The fraction of sp³-hybridized carbons (Fsp3) is 0.412. The second kappa shape index (κ2) is 9.88. The molecule has 1 aromatic carbocycles. The number of carbonyl (C=O) groups excluding carboxylic acids is 1. The minimum Gasteiger partial charge on any atom is -0.496 e. The van der Waals surface area contributed by atoms with Gasteiger partial charge in [-0.1, -0.05) is 11.6 Å². The Kier molecular flexibility index (Phi) is 8.03. The van der Waals surface area contributed by atoms with E-state index in [1.165, 1.54) is 28.0 Å². The Hall–Kier alpha value is -1.69. The molecule has 8 nitrogen and oxygen atoms in total. The van der Waals surface area contributed by atoms with E-state index in [2.05, 4.69) is 30.6 Å². The van der Waals surface area contributed by atoms with Crippen molar-refractivity contribution in [1.82, 2.24) is 9.69 Å². The summed E-state index contributed by atoms with van der Waals surface area (Å²) in [6.45, 7) is 5.08. The normalized spacial score (nSPS) is 13.1. The first kappa shape index (κ1) is 23.6. The summed E-state index contributed by atoms with van der Waals surface area (Å²) in [6.07, 6.45) is -0.851. The van der Waals surface area contributed by atoms with Crippen molar-refractivity contribution < 1.29 is 24.2 Å². The molecule has 1 heterocycles. The summed E-state index contributed by atoms with van der Waals surface area (Å²) in [4.78, 5) is 28.2. The van der Waals surface area contributed by atoms with Crippen LogP contribution >= 0.6 is 48.4 Å². The third kappa shape index (κ3) is 6.95. The van der Waals surface area contributed by atoms with Crippen LogP contribution in [0.25, 0.3) is 0 Å². The van der Waals surface area contributed by atoms with E-state index >= 15 is 0 Å². The highest BCUT2D eigenvalue weighted by Gasteiger charge is 2.26. The number of carboxylic acids is 1. The lowest BCUT2D eigenvalue weighted by Crippen LogP contribution is -2.44. The van der Waals surface area contributed by atoms with Crippen molar-refractivity contribution in [2.75, 3.05) is 7.11 Å². The molecule has 0 fully saturated rings. The van der Waals surface area contributed by atoms with Crippen molar-refractivity contribution in [2.45, 2.75) is 38.8 Å². The Morgan fingerprint density at radius 3 is 2.62 bits per heavy atom. The molecule has 1 unspecified atom stereocenters. The summed E-state index contributed by atoms with van der Waals surface area (Å²) in [5, 5.41) is 12.2. The van der Waals surface area contributed by atoms with Crippen LogP contribution in [0.4, 0.5) is 10.5 Å². The number of nitrogens with one attached hydrogen (secondary N) is 1. The predicted octanol–water partition coefficient (Wildman–Crippen LogP) is 4.38. The Balaban J connectivity index is 2.36. The molecule has 1 amide bonds. The molecule has 0 saturated heterocycles. The van der Waals surface area contributed by atoms with E-state index in [0.29, 0.717) is 31.3 Å². The van der Waals surface area contributed by atoms with Gasteiger partial charge in [-0.3, -0.25) is 0 Å². The average Bonchev–Trinajstić information content (AvgIpc) is 2.99. The van der Waals surface area contributed by atoms with Crippen LogP contribution in [-0.2, 0) is 16.0 Å². The second-order valence-electron chi connectivity index (χ2n) is 6.81. The van der Waals surface area contributed by atoms with Crippen LogP contribution in [0.15, 0.2) is 21.6 Å². The summed E-state index contributed by atoms with van der Waals surface area (Å²) in [5.41, 5.74) is 0.325. The largest absolute Gasteiger partial charge is 0.496 e. The zero-order valence-electron chi connectivity index (χ0n) is 16.0. The van der Waals surface area contributed by atoms with Gasteiger partial charge >= 0.3 is 12.1 Å². The molecule has 0 aliphatic heterocycles. The highest BCUT2D eigenvalue weighted by molar-refractivity contribution is 9.10. The summed E-state index contributed by atoms with van der Waals surface area (Å²) in [5.74, 6) is -0.752. The number of amides is 1. The molecule has 0 bridgehead atoms. The van der Waals surface area contributed by atoms with Crippen LogP contribution < -0.4 is 14.7 Å². The molecule has 0 spiro atoms. The lowest BCUT2D eigenvalue weighted by Gasteiger charge is -2.22. The van der Waals surface area contributed by atoms with Crippen molar-refractivity contribution in [3.05, 3.63) is 32.0 Å². The number of methoxy groups -OCH3 is 1. The Bertz CT molecular complexity index is 971. The van der Waals surface area contributed by atoms with E-state index < -0.39 is 23.7 Å². The summed E-state index contributed by atoms with van der Waals surface area (Å²) in [7, 11) is 4.00. The molecule has 1 aromatic heterocycles. The number of carbonyl (C=O) groups is 2. The van der Waals surface area contributed by atoms with Gasteiger partial charge < -0.3 is 19.9 Å². The Morgan fingerprint density at radius 1 is 1.41 bits per heavy atom. The highest BCUT2D eigenvalue weighted by Crippen LogP contribution is 2.34. The van der Waals surface area contributed by atoms with Crippen molar-refractivity contribution in [3.8, 4) is 5.75 Å². The Morgan fingerprint density at radius 2 is 2.10 bits per heavy atom. The smallest absolute Gasteiger partial charge is 0.408 e. The van der Waals surface area contributed by atoms with Gasteiger partial charge in [0.05, 0.1) is 12.8 Å². The minimum atomic E-state index is -1.22. The molecule has 0 aliphatic rings. The van der Waals surface area contributed by atoms with Crippen LogP contribution in [0.3, 0.4) is 0 Å². The molecular formula is C17H19BrClN3O5S2. The first-order chi connectivity index (χ1) is 13.5. The van der Waals surface area contributed by atoms with Gasteiger partial charge in [0.15, 0.2) is 9.82 Å². The zero-order chi connectivity index (χ0) is 21.8. The monoisotopic (exact) mass is 523 g/mol. The molecular weight excluding hydrogens is 506 g/mol. The van der Waals surface area contributed by atoms with Crippen molar-refractivity contribution in [1.29, 1.82) is 0 Å². The van der Waals surface area contributed by atoms with Crippen molar-refractivity contribution >= 4 is 66.2 Å². The van der Waals surface area contributed by atoms with E-state index in [4.69, 9.17) is 21.1 Å². The van der Waals surface area contributed by atoms with Gasteiger partial charge in [-0.25, -0.2) is 14.6 Å². The maximum atomic E-state index is 12.0. The summed E-state index contributed by atoms with van der Waals surface area (Å²) >= 11 is 9.44. The van der Waals surface area contributed by atoms with Crippen LogP contribution in [0.5, 0.6) is 5.75 Å². The zero-order valence-corrected chi connectivity index (χ0v) is 20.0. The van der Waals surface area contributed by atoms with Gasteiger partial charge in [0.2, 0.25) is 0 Å². The molecule has 29 heavy (non-hydrogen) atoms. The van der Waals surface area contributed by atoms with Gasteiger partial charge in [-0.05, 0) is 64.7 Å². The summed E-state index contributed by atoms with van der Waals surface area (Å²) in [6, 6.07) is 2.14. The lowest BCUT2D eigenvalue weighted by atomic mass is 10.0. The first-order valence-corrected chi connectivity index (χ1v) is 11.5. The number of ether oxygens (including phenoxy) is 2. The third-order valence-electron chi connectivity index (χ3n) is 3.40. The van der Waals surface area contributed by atoms with Crippen LogP contribution in [0, 0.1) is 0 Å². The molecule has 0 radical (unpaired) electrons. The molecule has 0 saturated carbocycles. The summed E-state index contributed by atoms with van der Waals surface area (Å²) < 4.78 is 15.7. The van der Waals surface area contributed by atoms with Crippen LogP contribution in [0.1, 0.15) is 26.3 Å². The number of benzene rings is 1. The van der Waals surface area contributed by atoms with Crippen LogP contribution in [0.2, 0.25) is 5.15 Å². The maximum Gasteiger partial charge on any atom is 0.408 e. The van der Waals surface area contributed by atoms with E-state index in [9.17, 15) is 14.7 Å². The molecule has 12 heteroatoms.